The van der Waals surface area contributed by atoms with Gasteiger partial charge in [0.1, 0.15) is 5.75 Å². The fourth-order valence-electron chi connectivity index (χ4n) is 3.49. The second kappa shape index (κ2) is 17.1. The molecule has 0 amide bonds. The third-order valence-corrected chi connectivity index (χ3v) is 5.64. The largest absolute Gasteiger partial charge is 0.494 e. The SMILES string of the molecule is CCCCCCCCCCOc1ccc(C=Nc2ccc(/C=C/C(=O)O[C@@H](C)C(=O)OC)cc2)cc1. The second-order valence-corrected chi connectivity index (χ2v) is 8.68. The first-order valence-corrected chi connectivity index (χ1v) is 12.9. The molecule has 0 heterocycles. The number of esters is 2. The van der Waals surface area contributed by atoms with Gasteiger partial charge in [0.15, 0.2) is 6.10 Å². The normalized spacial score (nSPS) is 12.1. The highest BCUT2D eigenvalue weighted by atomic mass is 16.6. The molecule has 0 saturated carbocycles. The van der Waals surface area contributed by atoms with E-state index in [9.17, 15) is 9.59 Å². The van der Waals surface area contributed by atoms with Crippen molar-refractivity contribution in [1.82, 2.24) is 0 Å². The smallest absolute Gasteiger partial charge is 0.346 e. The summed E-state index contributed by atoms with van der Waals surface area (Å²) in [6.07, 6.45) is 14.1. The summed E-state index contributed by atoms with van der Waals surface area (Å²) in [6, 6.07) is 15.3. The average Bonchev–Trinajstić information content (AvgIpc) is 2.90. The highest BCUT2D eigenvalue weighted by molar-refractivity contribution is 5.89. The fraction of sp³-hybridized carbons (Fsp3) is 0.433. The Kier molecular flexibility index (Phi) is 13.7. The number of nitrogens with zero attached hydrogens (tertiary/aromatic N) is 1. The van der Waals surface area contributed by atoms with Crippen LogP contribution in [0.5, 0.6) is 5.75 Å². The second-order valence-electron chi connectivity index (χ2n) is 8.68. The Morgan fingerprint density at radius 1 is 0.861 bits per heavy atom. The predicted molar refractivity (Wildman–Crippen MR) is 145 cm³/mol. The van der Waals surface area contributed by atoms with Crippen LogP contribution in [0.2, 0.25) is 0 Å². The van der Waals surface area contributed by atoms with Gasteiger partial charge in [-0.2, -0.15) is 0 Å². The van der Waals surface area contributed by atoms with Crippen LogP contribution in [0.25, 0.3) is 6.08 Å². The molecule has 2 aromatic rings. The van der Waals surface area contributed by atoms with Crippen LogP contribution in [-0.2, 0) is 19.1 Å². The number of carbonyl (C=O) groups excluding carboxylic acids is 2. The maximum Gasteiger partial charge on any atom is 0.346 e. The molecule has 2 rings (SSSR count). The monoisotopic (exact) mass is 493 g/mol. The van der Waals surface area contributed by atoms with Gasteiger partial charge >= 0.3 is 11.9 Å². The van der Waals surface area contributed by atoms with E-state index in [1.807, 2.05) is 48.5 Å². The first-order chi connectivity index (χ1) is 17.5. The molecule has 0 N–H and O–H groups in total. The van der Waals surface area contributed by atoms with Gasteiger partial charge in [-0.25, -0.2) is 9.59 Å². The molecule has 0 unspecified atom stereocenters. The van der Waals surface area contributed by atoms with Crippen LogP contribution in [0.4, 0.5) is 5.69 Å². The van der Waals surface area contributed by atoms with Crippen LogP contribution >= 0.6 is 0 Å². The number of unbranched alkanes of at least 4 members (excludes halogenated alkanes) is 7. The van der Waals surface area contributed by atoms with E-state index < -0.39 is 18.0 Å². The van der Waals surface area contributed by atoms with Crippen LogP contribution in [0.3, 0.4) is 0 Å². The van der Waals surface area contributed by atoms with Gasteiger partial charge in [0.25, 0.3) is 0 Å². The predicted octanol–water partition coefficient (Wildman–Crippen LogP) is 7.07. The highest BCUT2D eigenvalue weighted by Gasteiger charge is 2.16. The molecule has 0 aliphatic rings. The van der Waals surface area contributed by atoms with Gasteiger partial charge in [-0.1, -0.05) is 64.0 Å². The molecule has 0 aliphatic heterocycles. The van der Waals surface area contributed by atoms with Gasteiger partial charge in [-0.15, -0.1) is 0 Å². The number of hydrogen-bond donors (Lipinski definition) is 0. The standard InChI is InChI=1S/C30H39NO5/c1-4-5-6-7-8-9-10-11-22-35-28-19-14-26(15-20-28)23-31-27-17-12-25(13-18-27)16-21-29(32)36-24(2)30(33)34-3/h12-21,23-24H,4-11,22H2,1-3H3/b21-16+,31-23?/t24-/m0/s1. The molecule has 6 heteroatoms. The average molecular weight is 494 g/mol. The zero-order valence-corrected chi connectivity index (χ0v) is 21.8. The first-order valence-electron chi connectivity index (χ1n) is 12.9. The number of carbonyl (C=O) groups is 2. The summed E-state index contributed by atoms with van der Waals surface area (Å²) in [6.45, 7) is 4.46. The molecule has 194 valence electrons. The lowest BCUT2D eigenvalue weighted by molar-refractivity contribution is -0.161. The van der Waals surface area contributed by atoms with Crippen molar-refractivity contribution in [3.05, 3.63) is 65.7 Å². The summed E-state index contributed by atoms with van der Waals surface area (Å²) in [7, 11) is 1.25. The molecule has 0 spiro atoms. The van der Waals surface area contributed by atoms with Gasteiger partial charge in [0, 0.05) is 12.3 Å². The first kappa shape index (κ1) is 28.8. The Morgan fingerprint density at radius 3 is 2.11 bits per heavy atom. The number of rotatable bonds is 16. The Morgan fingerprint density at radius 2 is 1.47 bits per heavy atom. The molecule has 0 saturated heterocycles. The molecular weight excluding hydrogens is 454 g/mol. The van der Waals surface area contributed by atoms with Crippen molar-refractivity contribution in [2.45, 2.75) is 71.3 Å². The third kappa shape index (κ3) is 11.8. The highest BCUT2D eigenvalue weighted by Crippen LogP contribution is 2.16. The summed E-state index contributed by atoms with van der Waals surface area (Å²) in [5.74, 6) is -0.328. The Hall–Kier alpha value is -3.41. The Balaban J connectivity index is 1.71. The van der Waals surface area contributed by atoms with E-state index in [1.165, 1.54) is 65.1 Å². The topological polar surface area (TPSA) is 74.2 Å². The maximum atomic E-state index is 11.8. The molecule has 0 aromatic heterocycles. The quantitative estimate of drug-likeness (QED) is 0.108. The number of aliphatic imine (C=N–C) groups is 1. The number of hydrogen-bond acceptors (Lipinski definition) is 6. The Labute approximate surface area is 215 Å². The number of ether oxygens (including phenoxy) is 3. The van der Waals surface area contributed by atoms with Crippen molar-refractivity contribution in [3.8, 4) is 5.75 Å². The van der Waals surface area contributed by atoms with Gasteiger partial charge in [0.2, 0.25) is 0 Å². The van der Waals surface area contributed by atoms with Crippen molar-refractivity contribution in [2.75, 3.05) is 13.7 Å². The van der Waals surface area contributed by atoms with Crippen molar-refractivity contribution >= 4 is 29.9 Å². The van der Waals surface area contributed by atoms with Crippen molar-refractivity contribution in [2.24, 2.45) is 4.99 Å². The van der Waals surface area contributed by atoms with Crippen LogP contribution in [-0.4, -0.2) is 38.0 Å². The molecule has 0 fully saturated rings. The summed E-state index contributed by atoms with van der Waals surface area (Å²) in [4.78, 5) is 27.6. The zero-order valence-electron chi connectivity index (χ0n) is 21.8. The third-order valence-electron chi connectivity index (χ3n) is 5.64. The summed E-state index contributed by atoms with van der Waals surface area (Å²) in [5, 5.41) is 0. The molecular formula is C30H39NO5. The molecule has 2 aromatic carbocycles. The fourth-order valence-corrected chi connectivity index (χ4v) is 3.49. The van der Waals surface area contributed by atoms with Gasteiger partial charge in [-0.05, 0) is 66.9 Å². The molecule has 0 radical (unpaired) electrons. The summed E-state index contributed by atoms with van der Waals surface area (Å²) < 4.78 is 15.3. The van der Waals surface area contributed by atoms with E-state index in [4.69, 9.17) is 9.47 Å². The molecule has 0 aliphatic carbocycles. The number of benzene rings is 2. The van der Waals surface area contributed by atoms with Crippen molar-refractivity contribution in [3.63, 3.8) is 0 Å². The van der Waals surface area contributed by atoms with Crippen molar-refractivity contribution in [1.29, 1.82) is 0 Å². The summed E-state index contributed by atoms with van der Waals surface area (Å²) >= 11 is 0. The Bertz CT molecular complexity index is 964. The zero-order chi connectivity index (χ0) is 26.0. The van der Waals surface area contributed by atoms with E-state index in [0.717, 1.165) is 35.6 Å². The van der Waals surface area contributed by atoms with Crippen LogP contribution in [0.1, 0.15) is 76.3 Å². The minimum absolute atomic E-state index is 0.597. The number of methoxy groups -OCH3 is 1. The lowest BCUT2D eigenvalue weighted by atomic mass is 10.1. The molecule has 1 atom stereocenters. The minimum atomic E-state index is -0.945. The van der Waals surface area contributed by atoms with Crippen molar-refractivity contribution < 1.29 is 23.8 Å². The molecule has 36 heavy (non-hydrogen) atoms. The van der Waals surface area contributed by atoms with E-state index >= 15 is 0 Å². The minimum Gasteiger partial charge on any atom is -0.494 e. The maximum absolute atomic E-state index is 11.8. The van der Waals surface area contributed by atoms with Crippen LogP contribution < -0.4 is 4.74 Å². The van der Waals surface area contributed by atoms with Gasteiger partial charge in [-0.3, -0.25) is 4.99 Å². The van der Waals surface area contributed by atoms with Crippen LogP contribution in [0, 0.1) is 0 Å². The van der Waals surface area contributed by atoms with Crippen LogP contribution in [0.15, 0.2) is 59.6 Å². The molecule has 6 nitrogen and oxygen atoms in total. The van der Waals surface area contributed by atoms with E-state index in [2.05, 4.69) is 16.7 Å². The molecule has 0 bridgehead atoms. The van der Waals surface area contributed by atoms with E-state index in [0.29, 0.717) is 0 Å². The van der Waals surface area contributed by atoms with E-state index in [1.54, 1.807) is 12.3 Å². The van der Waals surface area contributed by atoms with Gasteiger partial charge < -0.3 is 14.2 Å². The summed E-state index contributed by atoms with van der Waals surface area (Å²) in [5.41, 5.74) is 2.60. The van der Waals surface area contributed by atoms with E-state index in [-0.39, 0.29) is 0 Å². The van der Waals surface area contributed by atoms with Gasteiger partial charge in [0.05, 0.1) is 19.4 Å². The lowest BCUT2D eigenvalue weighted by Gasteiger charge is -2.08. The lowest BCUT2D eigenvalue weighted by Crippen LogP contribution is -2.24.